The number of rotatable bonds is 7. The molecule has 0 aliphatic carbocycles. The second-order valence-electron chi connectivity index (χ2n) is 6.77. The lowest BCUT2D eigenvalue weighted by Gasteiger charge is -2.13. The van der Waals surface area contributed by atoms with Gasteiger partial charge >= 0.3 is 0 Å². The summed E-state index contributed by atoms with van der Waals surface area (Å²) in [6, 6.07) is 20.9. The standard InChI is InChI=1S/C24H25NO3/c1-17-14-18(2)23(19(3)15-17)25-24(26)20-8-7-11-22(16-20)28-13-12-27-21-9-5-4-6-10-21/h4-11,14-16H,12-13H2,1-3H3,(H,25,26). The molecule has 0 saturated carbocycles. The molecule has 0 atom stereocenters. The van der Waals surface area contributed by atoms with Crippen molar-refractivity contribution >= 4 is 11.6 Å². The van der Waals surface area contributed by atoms with E-state index in [4.69, 9.17) is 9.47 Å². The van der Waals surface area contributed by atoms with Gasteiger partial charge in [-0.05, 0) is 62.2 Å². The lowest BCUT2D eigenvalue weighted by molar-refractivity contribution is 0.102. The molecule has 0 bridgehead atoms. The van der Waals surface area contributed by atoms with Crippen LogP contribution >= 0.6 is 0 Å². The Kier molecular flexibility index (Phi) is 6.33. The first-order valence-corrected chi connectivity index (χ1v) is 9.33. The van der Waals surface area contributed by atoms with Crippen molar-refractivity contribution in [2.75, 3.05) is 18.5 Å². The first-order chi connectivity index (χ1) is 13.5. The predicted molar refractivity (Wildman–Crippen MR) is 112 cm³/mol. The third kappa shape index (κ3) is 5.13. The lowest BCUT2D eigenvalue weighted by atomic mass is 10.0. The molecule has 144 valence electrons. The second-order valence-corrected chi connectivity index (χ2v) is 6.77. The van der Waals surface area contributed by atoms with Crippen molar-refractivity contribution in [3.63, 3.8) is 0 Å². The van der Waals surface area contributed by atoms with Gasteiger partial charge in [0.15, 0.2) is 0 Å². The van der Waals surface area contributed by atoms with Crippen LogP contribution in [0, 0.1) is 20.8 Å². The highest BCUT2D eigenvalue weighted by Crippen LogP contribution is 2.23. The zero-order valence-corrected chi connectivity index (χ0v) is 16.5. The molecule has 0 heterocycles. The molecule has 0 saturated heterocycles. The van der Waals surface area contributed by atoms with Gasteiger partial charge in [0.25, 0.3) is 5.91 Å². The highest BCUT2D eigenvalue weighted by molar-refractivity contribution is 6.05. The van der Waals surface area contributed by atoms with E-state index in [9.17, 15) is 4.79 Å². The van der Waals surface area contributed by atoms with Gasteiger partial charge in [0.1, 0.15) is 24.7 Å². The smallest absolute Gasteiger partial charge is 0.255 e. The number of carbonyl (C=O) groups is 1. The van der Waals surface area contributed by atoms with Gasteiger partial charge in [-0.2, -0.15) is 0 Å². The van der Waals surface area contributed by atoms with Crippen LogP contribution in [0.25, 0.3) is 0 Å². The van der Waals surface area contributed by atoms with Crippen LogP contribution in [0.4, 0.5) is 5.69 Å². The summed E-state index contributed by atoms with van der Waals surface area (Å²) in [6.45, 7) is 6.88. The molecule has 0 fully saturated rings. The molecule has 0 unspecified atom stereocenters. The number of ether oxygens (including phenoxy) is 2. The largest absolute Gasteiger partial charge is 0.490 e. The summed E-state index contributed by atoms with van der Waals surface area (Å²) in [7, 11) is 0. The number of hydrogen-bond acceptors (Lipinski definition) is 3. The Labute approximate surface area is 166 Å². The molecule has 0 aliphatic rings. The zero-order valence-electron chi connectivity index (χ0n) is 16.5. The maximum atomic E-state index is 12.7. The molecule has 1 N–H and O–H groups in total. The van der Waals surface area contributed by atoms with Crippen LogP contribution in [0.5, 0.6) is 11.5 Å². The van der Waals surface area contributed by atoms with Crippen LogP contribution in [0.2, 0.25) is 0 Å². The molecule has 4 nitrogen and oxygen atoms in total. The number of benzene rings is 3. The molecule has 3 rings (SSSR count). The number of anilines is 1. The number of carbonyl (C=O) groups excluding carboxylic acids is 1. The Bertz CT molecular complexity index is 928. The molecular formula is C24H25NO3. The minimum atomic E-state index is -0.152. The third-order valence-corrected chi connectivity index (χ3v) is 4.38. The summed E-state index contributed by atoms with van der Waals surface area (Å²) in [5, 5.41) is 3.02. The zero-order chi connectivity index (χ0) is 19.9. The summed E-state index contributed by atoms with van der Waals surface area (Å²) >= 11 is 0. The summed E-state index contributed by atoms with van der Waals surface area (Å²) in [6.07, 6.45) is 0. The average molecular weight is 375 g/mol. The van der Waals surface area contributed by atoms with Crippen molar-refractivity contribution < 1.29 is 14.3 Å². The highest BCUT2D eigenvalue weighted by atomic mass is 16.5. The Morgan fingerprint density at radius 1 is 0.786 bits per heavy atom. The average Bonchev–Trinajstić information content (AvgIpc) is 2.69. The van der Waals surface area contributed by atoms with Crippen molar-refractivity contribution in [1.82, 2.24) is 0 Å². The number of amides is 1. The topological polar surface area (TPSA) is 47.6 Å². The van der Waals surface area contributed by atoms with Crippen LogP contribution in [-0.4, -0.2) is 19.1 Å². The van der Waals surface area contributed by atoms with Crippen molar-refractivity contribution in [3.05, 3.63) is 89.0 Å². The van der Waals surface area contributed by atoms with Gasteiger partial charge in [-0.3, -0.25) is 4.79 Å². The molecule has 3 aromatic rings. The van der Waals surface area contributed by atoms with Crippen LogP contribution in [0.3, 0.4) is 0 Å². The van der Waals surface area contributed by atoms with Gasteiger partial charge < -0.3 is 14.8 Å². The van der Waals surface area contributed by atoms with Crippen LogP contribution in [0.15, 0.2) is 66.7 Å². The summed E-state index contributed by atoms with van der Waals surface area (Å²) < 4.78 is 11.3. The van der Waals surface area contributed by atoms with Crippen LogP contribution in [-0.2, 0) is 0 Å². The fourth-order valence-corrected chi connectivity index (χ4v) is 3.13. The molecule has 0 spiro atoms. The van der Waals surface area contributed by atoms with Gasteiger partial charge in [0.2, 0.25) is 0 Å². The van der Waals surface area contributed by atoms with Crippen molar-refractivity contribution in [3.8, 4) is 11.5 Å². The molecule has 1 amide bonds. The van der Waals surface area contributed by atoms with Gasteiger partial charge in [-0.1, -0.05) is 42.0 Å². The van der Waals surface area contributed by atoms with E-state index < -0.39 is 0 Å². The van der Waals surface area contributed by atoms with Crippen molar-refractivity contribution in [2.24, 2.45) is 0 Å². The van der Waals surface area contributed by atoms with Crippen molar-refractivity contribution in [2.45, 2.75) is 20.8 Å². The number of para-hydroxylation sites is 1. The van der Waals surface area contributed by atoms with Gasteiger partial charge in [0.05, 0.1) is 0 Å². The molecule has 0 radical (unpaired) electrons. The van der Waals surface area contributed by atoms with E-state index in [1.165, 1.54) is 5.56 Å². The fourth-order valence-electron chi connectivity index (χ4n) is 3.13. The number of aryl methyl sites for hydroxylation is 3. The Hall–Kier alpha value is -3.27. The SMILES string of the molecule is Cc1cc(C)c(NC(=O)c2cccc(OCCOc3ccccc3)c2)c(C)c1. The van der Waals surface area contributed by atoms with Crippen molar-refractivity contribution in [1.29, 1.82) is 0 Å². The molecule has 0 aromatic heterocycles. The molecule has 3 aromatic carbocycles. The minimum absolute atomic E-state index is 0.152. The second kappa shape index (κ2) is 9.09. The van der Waals surface area contributed by atoms with E-state index >= 15 is 0 Å². The van der Waals surface area contributed by atoms with E-state index in [1.807, 2.05) is 63.2 Å². The highest BCUT2D eigenvalue weighted by Gasteiger charge is 2.11. The summed E-state index contributed by atoms with van der Waals surface area (Å²) in [5.41, 5.74) is 4.70. The predicted octanol–water partition coefficient (Wildman–Crippen LogP) is 5.32. The Balaban J connectivity index is 1.59. The Morgan fingerprint density at radius 2 is 1.39 bits per heavy atom. The van der Waals surface area contributed by atoms with E-state index in [0.29, 0.717) is 24.5 Å². The molecule has 4 heteroatoms. The van der Waals surface area contributed by atoms with Crippen LogP contribution < -0.4 is 14.8 Å². The fraction of sp³-hybridized carbons (Fsp3) is 0.208. The monoisotopic (exact) mass is 375 g/mol. The van der Waals surface area contributed by atoms with E-state index in [1.54, 1.807) is 12.1 Å². The normalized spacial score (nSPS) is 10.4. The van der Waals surface area contributed by atoms with Gasteiger partial charge in [0, 0.05) is 11.3 Å². The van der Waals surface area contributed by atoms with E-state index in [2.05, 4.69) is 17.4 Å². The molecular weight excluding hydrogens is 350 g/mol. The molecule has 0 aliphatic heterocycles. The molecule has 28 heavy (non-hydrogen) atoms. The quantitative estimate of drug-likeness (QED) is 0.568. The summed E-state index contributed by atoms with van der Waals surface area (Å²) in [5.74, 6) is 1.30. The first-order valence-electron chi connectivity index (χ1n) is 9.33. The van der Waals surface area contributed by atoms with Crippen LogP contribution in [0.1, 0.15) is 27.0 Å². The Morgan fingerprint density at radius 3 is 2.07 bits per heavy atom. The first kappa shape index (κ1) is 19.5. The third-order valence-electron chi connectivity index (χ3n) is 4.38. The van der Waals surface area contributed by atoms with E-state index in [-0.39, 0.29) is 5.91 Å². The number of hydrogen-bond donors (Lipinski definition) is 1. The maximum absolute atomic E-state index is 12.7. The summed E-state index contributed by atoms with van der Waals surface area (Å²) in [4.78, 5) is 12.7. The lowest BCUT2D eigenvalue weighted by Crippen LogP contribution is -2.14. The number of nitrogens with one attached hydrogen (secondary N) is 1. The maximum Gasteiger partial charge on any atom is 0.255 e. The minimum Gasteiger partial charge on any atom is -0.490 e. The van der Waals surface area contributed by atoms with E-state index in [0.717, 1.165) is 22.6 Å². The van der Waals surface area contributed by atoms with Gasteiger partial charge in [-0.25, -0.2) is 0 Å². The van der Waals surface area contributed by atoms with Gasteiger partial charge in [-0.15, -0.1) is 0 Å².